The Morgan fingerprint density at radius 3 is 2.37 bits per heavy atom. The van der Waals surface area contributed by atoms with Crippen LogP contribution in [0, 0.1) is 12.3 Å². The standard InChI is InChI=1S/C21H18N2O3S/c1-3-13-26-18-9-5-15(6-10-18)14-19-20(24)23(21(27)22-19)16-7-11-17(12-8-16)25-4-2/h1,5-12,14H,4,13H2,2H3,(H,22,27)/b19-14+. The number of thiocarbonyl (C=S) groups is 1. The highest BCUT2D eigenvalue weighted by Crippen LogP contribution is 2.25. The van der Waals surface area contributed by atoms with Crippen LogP contribution in [0.1, 0.15) is 12.5 Å². The van der Waals surface area contributed by atoms with Gasteiger partial charge in [0.15, 0.2) is 5.11 Å². The molecule has 1 aliphatic heterocycles. The lowest BCUT2D eigenvalue weighted by Gasteiger charge is -2.14. The van der Waals surface area contributed by atoms with Gasteiger partial charge in [-0.2, -0.15) is 0 Å². The number of nitrogens with zero attached hydrogens (tertiary/aromatic N) is 1. The van der Waals surface area contributed by atoms with Crippen molar-refractivity contribution in [2.75, 3.05) is 18.1 Å². The Balaban J connectivity index is 1.77. The van der Waals surface area contributed by atoms with Crippen molar-refractivity contribution >= 4 is 35.0 Å². The van der Waals surface area contributed by atoms with E-state index in [4.69, 9.17) is 28.1 Å². The van der Waals surface area contributed by atoms with Crippen LogP contribution in [0.25, 0.3) is 6.08 Å². The number of amides is 1. The number of nitrogens with one attached hydrogen (secondary N) is 1. The summed E-state index contributed by atoms with van der Waals surface area (Å²) >= 11 is 5.33. The topological polar surface area (TPSA) is 50.8 Å². The van der Waals surface area contributed by atoms with Crippen LogP contribution >= 0.6 is 12.2 Å². The van der Waals surface area contributed by atoms with Crippen LogP contribution in [-0.2, 0) is 4.79 Å². The quantitative estimate of drug-likeness (QED) is 0.475. The minimum Gasteiger partial charge on any atom is -0.494 e. The van der Waals surface area contributed by atoms with Crippen LogP contribution in [-0.4, -0.2) is 24.2 Å². The zero-order valence-corrected chi connectivity index (χ0v) is 15.6. The Hall–Kier alpha value is -3.30. The maximum atomic E-state index is 12.8. The SMILES string of the molecule is C#CCOc1ccc(/C=C2/NC(=S)N(c3ccc(OCC)cc3)C2=O)cc1. The number of rotatable bonds is 6. The molecule has 2 aromatic rings. The maximum Gasteiger partial charge on any atom is 0.281 e. The molecule has 0 saturated carbocycles. The van der Waals surface area contributed by atoms with Gasteiger partial charge in [-0.05, 0) is 67.2 Å². The van der Waals surface area contributed by atoms with E-state index in [1.165, 1.54) is 4.90 Å². The first-order valence-electron chi connectivity index (χ1n) is 8.38. The average Bonchev–Trinajstić information content (AvgIpc) is 2.95. The minimum atomic E-state index is -0.211. The molecule has 0 atom stereocenters. The van der Waals surface area contributed by atoms with Crippen molar-refractivity contribution in [1.29, 1.82) is 0 Å². The van der Waals surface area contributed by atoms with Crippen molar-refractivity contribution in [3.05, 3.63) is 59.8 Å². The van der Waals surface area contributed by atoms with Gasteiger partial charge in [-0.1, -0.05) is 18.1 Å². The molecule has 0 aromatic heterocycles. The highest BCUT2D eigenvalue weighted by atomic mass is 32.1. The second kappa shape index (κ2) is 8.39. The van der Waals surface area contributed by atoms with Crippen molar-refractivity contribution < 1.29 is 14.3 Å². The third kappa shape index (κ3) is 4.27. The van der Waals surface area contributed by atoms with E-state index in [0.717, 1.165) is 11.3 Å². The van der Waals surface area contributed by atoms with Crippen molar-refractivity contribution in [3.8, 4) is 23.8 Å². The predicted octanol–water partition coefficient (Wildman–Crippen LogP) is 3.36. The summed E-state index contributed by atoms with van der Waals surface area (Å²) in [7, 11) is 0. The Bertz CT molecular complexity index is 912. The lowest BCUT2D eigenvalue weighted by molar-refractivity contribution is -0.113. The molecule has 1 amide bonds. The summed E-state index contributed by atoms with van der Waals surface area (Å²) in [5.74, 6) is 3.62. The summed E-state index contributed by atoms with van der Waals surface area (Å²) in [5, 5.41) is 3.31. The van der Waals surface area contributed by atoms with Gasteiger partial charge in [0.05, 0.1) is 12.3 Å². The van der Waals surface area contributed by atoms with Gasteiger partial charge in [0.2, 0.25) is 0 Å². The van der Waals surface area contributed by atoms with E-state index in [9.17, 15) is 4.79 Å². The molecule has 0 aliphatic carbocycles. The Labute approximate surface area is 163 Å². The van der Waals surface area contributed by atoms with Crippen molar-refractivity contribution in [3.63, 3.8) is 0 Å². The number of hydrogen-bond acceptors (Lipinski definition) is 4. The Morgan fingerprint density at radius 1 is 1.11 bits per heavy atom. The molecule has 1 saturated heterocycles. The molecule has 27 heavy (non-hydrogen) atoms. The van der Waals surface area contributed by atoms with E-state index in [-0.39, 0.29) is 12.5 Å². The van der Waals surface area contributed by atoms with E-state index in [1.54, 1.807) is 30.3 Å². The molecule has 0 unspecified atom stereocenters. The van der Waals surface area contributed by atoms with Crippen LogP contribution in [0.3, 0.4) is 0 Å². The zero-order valence-electron chi connectivity index (χ0n) is 14.8. The molecule has 1 heterocycles. The summed E-state index contributed by atoms with van der Waals surface area (Å²) < 4.78 is 10.8. The van der Waals surface area contributed by atoms with Gasteiger partial charge in [0.1, 0.15) is 23.8 Å². The normalized spacial score (nSPS) is 14.8. The molecule has 0 bridgehead atoms. The van der Waals surface area contributed by atoms with E-state index < -0.39 is 0 Å². The highest BCUT2D eigenvalue weighted by molar-refractivity contribution is 7.80. The molecule has 0 radical (unpaired) electrons. The third-order valence-electron chi connectivity index (χ3n) is 3.80. The molecule has 0 spiro atoms. The van der Waals surface area contributed by atoms with Gasteiger partial charge in [0.25, 0.3) is 5.91 Å². The molecule has 5 nitrogen and oxygen atoms in total. The van der Waals surface area contributed by atoms with E-state index >= 15 is 0 Å². The number of terminal acetylenes is 1. The predicted molar refractivity (Wildman–Crippen MR) is 110 cm³/mol. The van der Waals surface area contributed by atoms with Crippen LogP contribution in [0.15, 0.2) is 54.2 Å². The fraction of sp³-hybridized carbons (Fsp3) is 0.143. The van der Waals surface area contributed by atoms with Gasteiger partial charge in [-0.25, -0.2) is 0 Å². The number of hydrogen-bond donors (Lipinski definition) is 1. The number of anilines is 1. The fourth-order valence-electron chi connectivity index (χ4n) is 2.58. The van der Waals surface area contributed by atoms with Gasteiger partial charge < -0.3 is 14.8 Å². The van der Waals surface area contributed by atoms with E-state index in [0.29, 0.717) is 28.9 Å². The zero-order chi connectivity index (χ0) is 19.2. The molecular formula is C21H18N2O3S. The lowest BCUT2D eigenvalue weighted by atomic mass is 10.2. The first-order chi connectivity index (χ1) is 13.1. The van der Waals surface area contributed by atoms with Crippen molar-refractivity contribution in [2.24, 2.45) is 0 Å². The molecule has 136 valence electrons. The van der Waals surface area contributed by atoms with Gasteiger partial charge in [0, 0.05) is 0 Å². The first-order valence-corrected chi connectivity index (χ1v) is 8.79. The van der Waals surface area contributed by atoms with Crippen LogP contribution in [0.4, 0.5) is 5.69 Å². The summed E-state index contributed by atoms with van der Waals surface area (Å²) in [6.07, 6.45) is 6.92. The number of carbonyl (C=O) groups is 1. The summed E-state index contributed by atoms with van der Waals surface area (Å²) in [4.78, 5) is 14.2. The molecule has 6 heteroatoms. The maximum absolute atomic E-state index is 12.8. The smallest absolute Gasteiger partial charge is 0.281 e. The molecule has 1 N–H and O–H groups in total. The molecule has 1 aliphatic rings. The van der Waals surface area contributed by atoms with Gasteiger partial charge >= 0.3 is 0 Å². The van der Waals surface area contributed by atoms with Gasteiger partial charge in [-0.3, -0.25) is 9.69 Å². The second-order valence-corrected chi connectivity index (χ2v) is 6.00. The Morgan fingerprint density at radius 2 is 1.74 bits per heavy atom. The highest BCUT2D eigenvalue weighted by Gasteiger charge is 2.31. The summed E-state index contributed by atoms with van der Waals surface area (Å²) in [6.45, 7) is 2.72. The minimum absolute atomic E-state index is 0.211. The lowest BCUT2D eigenvalue weighted by Crippen LogP contribution is -2.30. The van der Waals surface area contributed by atoms with Crippen molar-refractivity contribution in [2.45, 2.75) is 6.92 Å². The second-order valence-electron chi connectivity index (χ2n) is 5.62. The number of ether oxygens (including phenoxy) is 2. The van der Waals surface area contributed by atoms with Crippen LogP contribution in [0.5, 0.6) is 11.5 Å². The molecule has 1 fully saturated rings. The molecule has 2 aromatic carbocycles. The van der Waals surface area contributed by atoms with Crippen LogP contribution < -0.4 is 19.7 Å². The van der Waals surface area contributed by atoms with E-state index in [2.05, 4.69) is 11.2 Å². The summed E-state index contributed by atoms with van der Waals surface area (Å²) in [6, 6.07) is 14.5. The number of benzene rings is 2. The number of carbonyl (C=O) groups excluding carboxylic acids is 1. The largest absolute Gasteiger partial charge is 0.494 e. The van der Waals surface area contributed by atoms with Crippen LogP contribution in [0.2, 0.25) is 0 Å². The third-order valence-corrected chi connectivity index (χ3v) is 4.08. The molecular weight excluding hydrogens is 360 g/mol. The van der Waals surface area contributed by atoms with E-state index in [1.807, 2.05) is 31.2 Å². The monoisotopic (exact) mass is 378 g/mol. The van der Waals surface area contributed by atoms with Crippen molar-refractivity contribution in [1.82, 2.24) is 5.32 Å². The Kier molecular flexibility index (Phi) is 5.74. The fourth-order valence-corrected chi connectivity index (χ4v) is 2.88. The average molecular weight is 378 g/mol. The summed E-state index contributed by atoms with van der Waals surface area (Å²) in [5.41, 5.74) is 1.93. The van der Waals surface area contributed by atoms with Gasteiger partial charge in [-0.15, -0.1) is 6.42 Å². The molecule has 3 rings (SSSR count). The first kappa shape index (κ1) is 18.5.